The van der Waals surface area contributed by atoms with Gasteiger partial charge in [0.1, 0.15) is 11.7 Å². The molecule has 9 heteroatoms. The predicted octanol–water partition coefficient (Wildman–Crippen LogP) is 8.01. The molecule has 0 saturated heterocycles. The Hall–Kier alpha value is -2.57. The Bertz CT molecular complexity index is 1280. The average molecular weight is 560 g/mol. The van der Waals surface area contributed by atoms with Crippen molar-refractivity contribution in [2.45, 2.75) is 19.8 Å². The van der Waals surface area contributed by atoms with Crippen molar-refractivity contribution in [2.24, 2.45) is 16.9 Å². The number of hydrogen-bond acceptors (Lipinski definition) is 5. The maximum absolute atomic E-state index is 13.3. The van der Waals surface area contributed by atoms with Gasteiger partial charge in [0.05, 0.1) is 11.4 Å². The summed E-state index contributed by atoms with van der Waals surface area (Å²) in [6.45, 7) is 2.31. The zero-order chi connectivity index (χ0) is 25.4. The van der Waals surface area contributed by atoms with Crippen molar-refractivity contribution in [3.05, 3.63) is 98.5 Å². The maximum atomic E-state index is 13.3. The van der Waals surface area contributed by atoms with Gasteiger partial charge in [0.25, 0.3) is 0 Å². The molecule has 0 radical (unpaired) electrons. The minimum Gasteiger partial charge on any atom is -0.311 e. The molecule has 0 spiro atoms. The number of allylic oxidation sites excluding steroid dienone is 1. The van der Waals surface area contributed by atoms with E-state index >= 15 is 0 Å². The van der Waals surface area contributed by atoms with Crippen LogP contribution in [0.15, 0.2) is 77.9 Å². The number of ketones is 1. The highest BCUT2D eigenvalue weighted by Crippen LogP contribution is 2.41. The summed E-state index contributed by atoms with van der Waals surface area (Å²) in [5, 5.41) is 8.67. The summed E-state index contributed by atoms with van der Waals surface area (Å²) in [5.74, 6) is -0.189. The SMILES string of the molecule is CC(=O)C1C(N(c2cc(Cl)cc(Cl)c2)c2cc(Cl)cc(Cl)c2)=CN(CC2CC2)N=C1c1cccnc1. The Morgan fingerprint density at radius 2 is 1.56 bits per heavy atom. The molecule has 5 nitrogen and oxygen atoms in total. The first-order valence-corrected chi connectivity index (χ1v) is 13.0. The lowest BCUT2D eigenvalue weighted by atomic mass is 9.89. The van der Waals surface area contributed by atoms with E-state index < -0.39 is 5.92 Å². The lowest BCUT2D eigenvalue weighted by Crippen LogP contribution is -2.39. The van der Waals surface area contributed by atoms with Crippen molar-refractivity contribution in [1.29, 1.82) is 0 Å². The molecule has 3 aromatic rings. The molecule has 2 aromatic carbocycles. The molecule has 5 rings (SSSR count). The van der Waals surface area contributed by atoms with Crippen LogP contribution in [-0.4, -0.2) is 28.0 Å². The molecule has 0 amide bonds. The Morgan fingerprint density at radius 3 is 2.03 bits per heavy atom. The molecule has 36 heavy (non-hydrogen) atoms. The van der Waals surface area contributed by atoms with Gasteiger partial charge in [-0.25, -0.2) is 0 Å². The highest BCUT2D eigenvalue weighted by atomic mass is 35.5. The van der Waals surface area contributed by atoms with Gasteiger partial charge in [0, 0.05) is 62.2 Å². The van der Waals surface area contributed by atoms with Crippen molar-refractivity contribution in [3.8, 4) is 0 Å². The summed E-state index contributed by atoms with van der Waals surface area (Å²) in [7, 11) is 0. The Morgan fingerprint density at radius 1 is 0.972 bits per heavy atom. The fourth-order valence-electron chi connectivity index (χ4n) is 4.36. The number of pyridine rings is 1. The molecule has 0 N–H and O–H groups in total. The van der Waals surface area contributed by atoms with Crippen molar-refractivity contribution in [1.82, 2.24) is 9.99 Å². The molecule has 1 aliphatic carbocycles. The minimum absolute atomic E-state index is 0.0684. The van der Waals surface area contributed by atoms with Crippen LogP contribution in [0.1, 0.15) is 25.3 Å². The summed E-state index contributed by atoms with van der Waals surface area (Å²) in [5.41, 5.74) is 3.43. The van der Waals surface area contributed by atoms with E-state index in [4.69, 9.17) is 51.5 Å². The lowest BCUT2D eigenvalue weighted by molar-refractivity contribution is -0.118. The molecular formula is C27H22Cl4N4O. The summed E-state index contributed by atoms with van der Waals surface area (Å²) in [6, 6.07) is 14.2. The van der Waals surface area contributed by atoms with E-state index in [9.17, 15) is 4.79 Å². The molecule has 1 fully saturated rings. The third kappa shape index (κ3) is 5.55. The van der Waals surface area contributed by atoms with E-state index in [0.717, 1.165) is 24.9 Å². The average Bonchev–Trinajstić information content (AvgIpc) is 3.62. The van der Waals surface area contributed by atoms with Crippen LogP contribution in [-0.2, 0) is 4.79 Å². The van der Waals surface area contributed by atoms with Crippen LogP contribution in [0, 0.1) is 11.8 Å². The number of carbonyl (C=O) groups is 1. The number of nitrogens with zero attached hydrogens (tertiary/aromatic N) is 4. The van der Waals surface area contributed by atoms with Crippen molar-refractivity contribution in [2.75, 3.05) is 11.4 Å². The molecule has 1 atom stereocenters. The van der Waals surface area contributed by atoms with Gasteiger partial charge >= 0.3 is 0 Å². The molecule has 1 unspecified atom stereocenters. The number of hydrazone groups is 1. The number of anilines is 2. The number of benzene rings is 2. The van der Waals surface area contributed by atoms with E-state index in [1.54, 1.807) is 55.7 Å². The van der Waals surface area contributed by atoms with Crippen LogP contribution in [0.25, 0.3) is 0 Å². The van der Waals surface area contributed by atoms with Gasteiger partial charge in [-0.05, 0) is 74.2 Å². The largest absolute Gasteiger partial charge is 0.311 e. The predicted molar refractivity (Wildman–Crippen MR) is 148 cm³/mol. The molecule has 1 aliphatic heterocycles. The summed E-state index contributed by atoms with van der Waals surface area (Å²) in [4.78, 5) is 19.5. The lowest BCUT2D eigenvalue weighted by Gasteiger charge is -2.37. The number of carbonyl (C=O) groups excluding carboxylic acids is 1. The van der Waals surface area contributed by atoms with E-state index in [2.05, 4.69) is 4.98 Å². The van der Waals surface area contributed by atoms with Crippen LogP contribution >= 0.6 is 46.4 Å². The fraction of sp³-hybridized carbons (Fsp3) is 0.222. The van der Waals surface area contributed by atoms with Crippen LogP contribution in [0.5, 0.6) is 0 Å². The number of aromatic nitrogens is 1. The minimum atomic E-state index is -0.680. The van der Waals surface area contributed by atoms with E-state index in [-0.39, 0.29) is 5.78 Å². The number of hydrogen-bond donors (Lipinski definition) is 0. The maximum Gasteiger partial charge on any atom is 0.144 e. The molecule has 2 aliphatic rings. The van der Waals surface area contributed by atoms with E-state index in [1.807, 2.05) is 28.2 Å². The summed E-state index contributed by atoms with van der Waals surface area (Å²) < 4.78 is 0. The number of halogens is 4. The second-order valence-electron chi connectivity index (χ2n) is 8.98. The Balaban J connectivity index is 1.73. The molecule has 1 saturated carbocycles. The summed E-state index contributed by atoms with van der Waals surface area (Å²) >= 11 is 25.7. The fourth-order valence-corrected chi connectivity index (χ4v) is 5.39. The first-order valence-electron chi connectivity index (χ1n) is 11.5. The number of Topliss-reactive ketones (excluding diaryl/α,β-unsaturated/α-hetero) is 1. The van der Waals surface area contributed by atoms with E-state index in [0.29, 0.717) is 48.8 Å². The zero-order valence-corrected chi connectivity index (χ0v) is 22.4. The monoisotopic (exact) mass is 558 g/mol. The van der Waals surface area contributed by atoms with Gasteiger partial charge in [-0.15, -0.1) is 0 Å². The topological polar surface area (TPSA) is 48.8 Å². The highest BCUT2D eigenvalue weighted by Gasteiger charge is 2.37. The molecular weight excluding hydrogens is 538 g/mol. The second-order valence-corrected chi connectivity index (χ2v) is 10.7. The van der Waals surface area contributed by atoms with Gasteiger partial charge in [-0.1, -0.05) is 46.4 Å². The van der Waals surface area contributed by atoms with Gasteiger partial charge in [-0.2, -0.15) is 5.10 Å². The zero-order valence-electron chi connectivity index (χ0n) is 19.3. The quantitative estimate of drug-likeness (QED) is 0.294. The van der Waals surface area contributed by atoms with Gasteiger partial charge in [0.15, 0.2) is 0 Å². The first kappa shape index (κ1) is 25.1. The Kier molecular flexibility index (Phi) is 7.27. The third-order valence-electron chi connectivity index (χ3n) is 6.06. The smallest absolute Gasteiger partial charge is 0.144 e. The van der Waals surface area contributed by atoms with Crippen LogP contribution < -0.4 is 4.90 Å². The third-order valence-corrected chi connectivity index (χ3v) is 6.93. The van der Waals surface area contributed by atoms with Crippen molar-refractivity contribution < 1.29 is 4.79 Å². The van der Waals surface area contributed by atoms with Crippen LogP contribution in [0.3, 0.4) is 0 Å². The highest BCUT2D eigenvalue weighted by molar-refractivity contribution is 6.36. The first-order chi connectivity index (χ1) is 17.3. The second kappa shape index (κ2) is 10.4. The van der Waals surface area contributed by atoms with Gasteiger partial charge < -0.3 is 4.90 Å². The van der Waals surface area contributed by atoms with Crippen LogP contribution in [0.2, 0.25) is 20.1 Å². The molecule has 1 aromatic heterocycles. The van der Waals surface area contributed by atoms with Crippen LogP contribution in [0.4, 0.5) is 11.4 Å². The van der Waals surface area contributed by atoms with Gasteiger partial charge in [0.2, 0.25) is 0 Å². The number of rotatable bonds is 7. The standard InChI is InChI=1S/C27H22Cl4N4O/c1-16(36)26-25(15-34(14-17-4-5-17)33-27(26)18-3-2-6-32-13-18)35(23-9-19(28)7-20(29)10-23)24-11-21(30)8-22(31)12-24/h2-3,6-13,15,17,26H,4-5,14H2,1H3. The normalized spacial score (nSPS) is 17.5. The molecule has 184 valence electrons. The Labute approximate surface area is 229 Å². The van der Waals surface area contributed by atoms with Gasteiger partial charge in [-0.3, -0.25) is 14.8 Å². The molecule has 0 bridgehead atoms. The van der Waals surface area contributed by atoms with E-state index in [1.165, 1.54) is 0 Å². The van der Waals surface area contributed by atoms with Crippen molar-refractivity contribution >= 4 is 69.3 Å². The van der Waals surface area contributed by atoms with Crippen molar-refractivity contribution in [3.63, 3.8) is 0 Å². The molecule has 2 heterocycles. The summed E-state index contributed by atoms with van der Waals surface area (Å²) in [6.07, 6.45) is 7.66.